The van der Waals surface area contributed by atoms with Gasteiger partial charge in [0.2, 0.25) is 19.7 Å². The van der Waals surface area contributed by atoms with Gasteiger partial charge in [-0.25, -0.2) is 16.8 Å². The smallest absolute Gasteiger partial charge is 0.297 e. The van der Waals surface area contributed by atoms with Gasteiger partial charge in [-0.1, -0.05) is 97.9 Å². The molecule has 1 N–H and O–H groups in total. The molecule has 0 aliphatic rings. The zero-order chi connectivity index (χ0) is 45.9. The van der Waals surface area contributed by atoms with Crippen LogP contribution in [-0.4, -0.2) is 78.2 Å². The van der Waals surface area contributed by atoms with E-state index >= 15 is 0 Å². The standard InChI is InChI=1S/C27H24N2O6S2.C21H21N3O3S.CH4/c1-19-10-13-22(14-11-19)37(32,33)35-17-16-34-21-12-15-25-24(18-21)27(28-29(25)2)36(30,31)26-9-5-7-20-6-3-4-8-23(20)26;1-22-12-13-27-16-10-11-19-18(14-16)21(23-24(19)2)28(25,26)20-9-5-7-15-6-3-4-8-17(15)20;/h3-15,18H,16-17H2,1-2H3;3-11,14,22H,12-13H2,1-2H3;1H4. The summed E-state index contributed by atoms with van der Waals surface area (Å²) in [6.45, 7) is 2.80. The zero-order valence-corrected chi connectivity index (χ0v) is 38.3. The Hall–Kier alpha value is -6.63. The first-order valence-corrected chi connectivity index (χ1v) is 24.8. The molecule has 0 atom stereocenters. The van der Waals surface area contributed by atoms with Crippen LogP contribution in [0.1, 0.15) is 13.0 Å². The molecule has 0 aliphatic carbocycles. The second-order valence-corrected chi connectivity index (χ2v) is 20.3. The molecule has 9 rings (SSSR count). The molecule has 66 heavy (non-hydrogen) atoms. The molecule has 2 heterocycles. The number of benzene rings is 7. The second kappa shape index (κ2) is 19.5. The maximum absolute atomic E-state index is 13.7. The highest BCUT2D eigenvalue weighted by Gasteiger charge is 2.28. The average Bonchev–Trinajstić information content (AvgIpc) is 3.83. The number of hydrogen-bond donors (Lipinski definition) is 1. The number of sulfone groups is 2. The number of fused-ring (bicyclic) bond motifs is 4. The molecule has 0 fully saturated rings. The lowest BCUT2D eigenvalue weighted by atomic mass is 10.1. The topological polar surface area (TPSA) is 178 Å². The van der Waals surface area contributed by atoms with Crippen molar-refractivity contribution in [2.24, 2.45) is 14.1 Å². The quantitative estimate of drug-likeness (QED) is 0.0814. The summed E-state index contributed by atoms with van der Waals surface area (Å²) in [5, 5.41) is 15.6. The van der Waals surface area contributed by atoms with E-state index in [0.717, 1.165) is 21.9 Å². The van der Waals surface area contributed by atoms with Gasteiger partial charge in [-0.05, 0) is 85.4 Å². The molecule has 0 saturated heterocycles. The lowest BCUT2D eigenvalue weighted by Gasteiger charge is -2.09. The number of hydrogen-bond acceptors (Lipinski definition) is 12. The highest BCUT2D eigenvalue weighted by molar-refractivity contribution is 7.92. The summed E-state index contributed by atoms with van der Waals surface area (Å²) in [5.41, 5.74) is 2.29. The molecular weight excluding hydrogens is 899 g/mol. The van der Waals surface area contributed by atoms with Crippen LogP contribution in [0, 0.1) is 6.92 Å². The first-order valence-electron chi connectivity index (χ1n) is 20.4. The van der Waals surface area contributed by atoms with Crippen molar-refractivity contribution in [3.63, 3.8) is 0 Å². The summed E-state index contributed by atoms with van der Waals surface area (Å²) >= 11 is 0. The number of nitrogens with one attached hydrogen (secondary N) is 1. The fourth-order valence-electron chi connectivity index (χ4n) is 7.42. The Labute approximate surface area is 384 Å². The van der Waals surface area contributed by atoms with E-state index in [1.165, 1.54) is 16.8 Å². The minimum Gasteiger partial charge on any atom is -0.492 e. The van der Waals surface area contributed by atoms with Gasteiger partial charge >= 0.3 is 0 Å². The van der Waals surface area contributed by atoms with E-state index in [1.807, 2.05) is 74.6 Å². The fraction of sp³-hybridized carbons (Fsp3) is 0.184. The highest BCUT2D eigenvalue weighted by Crippen LogP contribution is 2.35. The monoisotopic (exact) mass is 947 g/mol. The van der Waals surface area contributed by atoms with Crippen LogP contribution in [0.3, 0.4) is 0 Å². The van der Waals surface area contributed by atoms with Crippen LogP contribution in [0.5, 0.6) is 11.5 Å². The van der Waals surface area contributed by atoms with Gasteiger partial charge in [0.25, 0.3) is 10.1 Å². The molecule has 17 heteroatoms. The molecule has 342 valence electrons. The molecule has 0 amide bonds. The third kappa shape index (κ3) is 9.52. The van der Waals surface area contributed by atoms with Crippen LogP contribution < -0.4 is 14.8 Å². The Bertz CT molecular complexity index is 3540. The number of nitrogens with zero attached hydrogens (tertiary/aromatic N) is 4. The van der Waals surface area contributed by atoms with E-state index in [2.05, 4.69) is 15.5 Å². The van der Waals surface area contributed by atoms with Crippen LogP contribution in [0.25, 0.3) is 43.4 Å². The Morgan fingerprint density at radius 2 is 0.985 bits per heavy atom. The van der Waals surface area contributed by atoms with Gasteiger partial charge in [0.15, 0.2) is 10.1 Å². The van der Waals surface area contributed by atoms with Crippen LogP contribution in [0.4, 0.5) is 0 Å². The molecule has 7 aromatic carbocycles. The number of rotatable bonds is 14. The van der Waals surface area contributed by atoms with Gasteiger partial charge in [-0.15, -0.1) is 0 Å². The molecule has 0 aliphatic heterocycles. The molecule has 0 saturated carbocycles. The van der Waals surface area contributed by atoms with Crippen LogP contribution >= 0.6 is 0 Å². The van der Waals surface area contributed by atoms with Gasteiger partial charge in [0, 0.05) is 42.2 Å². The predicted molar refractivity (Wildman–Crippen MR) is 256 cm³/mol. The van der Waals surface area contributed by atoms with Crippen molar-refractivity contribution >= 4 is 73.1 Å². The van der Waals surface area contributed by atoms with Crippen molar-refractivity contribution in [2.45, 2.75) is 39.1 Å². The van der Waals surface area contributed by atoms with Crippen LogP contribution in [0.15, 0.2) is 170 Å². The maximum Gasteiger partial charge on any atom is 0.297 e. The second-order valence-electron chi connectivity index (χ2n) is 15.1. The third-order valence-corrected chi connectivity index (χ3v) is 15.5. The Balaban J connectivity index is 0.000000201. The van der Waals surface area contributed by atoms with Crippen molar-refractivity contribution in [3.8, 4) is 11.5 Å². The van der Waals surface area contributed by atoms with Crippen LogP contribution in [-0.2, 0) is 48.1 Å². The molecule has 2 aromatic heterocycles. The Morgan fingerprint density at radius 1 is 0.530 bits per heavy atom. The van der Waals surface area contributed by atoms with Crippen molar-refractivity contribution in [2.75, 3.05) is 33.4 Å². The van der Waals surface area contributed by atoms with Gasteiger partial charge in [0.05, 0.1) is 25.7 Å². The largest absolute Gasteiger partial charge is 0.492 e. The first kappa shape index (κ1) is 47.3. The number of aryl methyl sites for hydroxylation is 3. The van der Waals surface area contributed by atoms with Crippen LogP contribution in [0.2, 0.25) is 0 Å². The Kier molecular flexibility index (Phi) is 14.0. The van der Waals surface area contributed by atoms with E-state index < -0.39 is 29.8 Å². The van der Waals surface area contributed by atoms with Crippen molar-refractivity contribution in [1.29, 1.82) is 0 Å². The lowest BCUT2D eigenvalue weighted by molar-refractivity contribution is 0.221. The van der Waals surface area contributed by atoms with Crippen molar-refractivity contribution in [3.05, 3.63) is 151 Å². The van der Waals surface area contributed by atoms with E-state index in [9.17, 15) is 25.3 Å². The number of aromatic nitrogens is 4. The SMILES string of the molecule is C.CNCCOc1ccc2c(c1)c(S(=O)(=O)c1cccc3ccccc13)nn2C.Cc1ccc(S(=O)(=O)OCCOc2ccc3c(c2)c(S(=O)(=O)c2cccc4ccccc24)nn3C)cc1. The summed E-state index contributed by atoms with van der Waals surface area (Å²) in [6, 6.07) is 41.9. The predicted octanol–water partition coefficient (Wildman–Crippen LogP) is 8.45. The highest BCUT2D eigenvalue weighted by atomic mass is 32.2. The zero-order valence-electron chi connectivity index (χ0n) is 35.9. The average molecular weight is 948 g/mol. The van der Waals surface area contributed by atoms with Crippen molar-refractivity contribution in [1.82, 2.24) is 24.9 Å². The summed E-state index contributed by atoms with van der Waals surface area (Å²) < 4.78 is 98.8. The first-order chi connectivity index (χ1) is 31.2. The van der Waals surface area contributed by atoms with Gasteiger partial charge < -0.3 is 14.8 Å². The maximum atomic E-state index is 13.7. The minimum atomic E-state index is -3.96. The summed E-state index contributed by atoms with van der Waals surface area (Å²) in [4.78, 5) is 0.497. The van der Waals surface area contributed by atoms with Gasteiger partial charge in [-0.2, -0.15) is 18.6 Å². The molecule has 0 unspecified atom stereocenters. The molecule has 0 spiro atoms. The van der Waals surface area contributed by atoms with E-state index in [1.54, 1.807) is 91.6 Å². The fourth-order valence-corrected chi connectivity index (χ4v) is 11.6. The molecule has 0 radical (unpaired) electrons. The normalized spacial score (nSPS) is 11.9. The lowest BCUT2D eigenvalue weighted by Crippen LogP contribution is -2.15. The molecular formula is C49H49N5O9S3. The summed E-state index contributed by atoms with van der Waals surface area (Å²) in [7, 11) is -6.41. The third-order valence-electron chi connectivity index (χ3n) is 10.7. The Morgan fingerprint density at radius 3 is 1.47 bits per heavy atom. The van der Waals surface area contributed by atoms with Gasteiger partial charge in [0.1, 0.15) is 31.3 Å². The molecule has 9 aromatic rings. The molecule has 0 bridgehead atoms. The van der Waals surface area contributed by atoms with Gasteiger partial charge in [-0.3, -0.25) is 13.5 Å². The van der Waals surface area contributed by atoms with E-state index in [4.69, 9.17) is 13.7 Å². The summed E-state index contributed by atoms with van der Waals surface area (Å²) in [5.74, 6) is 0.983. The van der Waals surface area contributed by atoms with E-state index in [0.29, 0.717) is 51.7 Å². The molecule has 14 nitrogen and oxygen atoms in total. The summed E-state index contributed by atoms with van der Waals surface area (Å²) in [6.07, 6.45) is 0. The minimum absolute atomic E-state index is 0. The number of ether oxygens (including phenoxy) is 2. The number of likely N-dealkylation sites (N-methyl/N-ethyl adjacent to an activating group) is 1. The van der Waals surface area contributed by atoms with Crippen molar-refractivity contribution < 1.29 is 38.9 Å². The van der Waals surface area contributed by atoms with E-state index in [-0.39, 0.29) is 45.4 Å².